The number of anilines is 1. The zero-order valence-electron chi connectivity index (χ0n) is 41.9. The van der Waals surface area contributed by atoms with Gasteiger partial charge in [-0.05, 0) is 142 Å². The van der Waals surface area contributed by atoms with Gasteiger partial charge < -0.3 is 24.8 Å². The van der Waals surface area contributed by atoms with E-state index in [2.05, 4.69) is 78.3 Å². The van der Waals surface area contributed by atoms with Gasteiger partial charge in [-0.25, -0.2) is 14.4 Å². The minimum absolute atomic E-state index is 0.0526. The summed E-state index contributed by atoms with van der Waals surface area (Å²) >= 11 is 0. The maximum absolute atomic E-state index is 12.3. The third-order valence-electron chi connectivity index (χ3n) is 15.4. The van der Waals surface area contributed by atoms with Crippen molar-refractivity contribution < 1.29 is 33.4 Å². The van der Waals surface area contributed by atoms with Gasteiger partial charge in [-0.2, -0.15) is 0 Å². The van der Waals surface area contributed by atoms with Crippen LogP contribution in [-0.4, -0.2) is 55.0 Å². The smallest absolute Gasteiger partial charge is 0.411 e. The standard InChI is InChI=1S/C19H27NO3.C18H33NO2.C17H31NO2/c1-12(2)15-10-9-13(3)11-18(15)23-19(22)20-17-8-6-5-7-16(17)14(4)21;1-13(2)16-10-9-14(3)11-17(16)21-18(20)19-12-15-7-5-4-6-8-15;1-12(2)15-10-9-13(3)11-16(15)20-17(19)18-14-7-5-4-6-8-14/h5-8,12-13,15,18H,9-11H2,1-4H3,(H,20,22);13-17H,4-12H2,1-3H3,(H,19,20);12-16H,4-11H2,1-3H3,(H,18,19). The highest BCUT2D eigenvalue weighted by Crippen LogP contribution is 2.38. The second kappa shape index (κ2) is 27.4. The molecule has 364 valence electrons. The Morgan fingerprint density at radius 3 is 1.42 bits per heavy atom. The lowest BCUT2D eigenvalue weighted by molar-refractivity contribution is 0.00423. The van der Waals surface area contributed by atoms with Crippen LogP contribution in [0.5, 0.6) is 0 Å². The summed E-state index contributed by atoms with van der Waals surface area (Å²) in [7, 11) is 0. The summed E-state index contributed by atoms with van der Waals surface area (Å²) in [5.74, 6) is 5.66. The summed E-state index contributed by atoms with van der Waals surface area (Å²) < 4.78 is 17.3. The third kappa shape index (κ3) is 18.2. The van der Waals surface area contributed by atoms with Crippen molar-refractivity contribution in [2.24, 2.45) is 59.2 Å². The van der Waals surface area contributed by atoms with E-state index in [0.29, 0.717) is 76.5 Å². The lowest BCUT2D eigenvalue weighted by Gasteiger charge is -2.37. The first-order chi connectivity index (χ1) is 30.5. The van der Waals surface area contributed by atoms with E-state index in [0.717, 1.165) is 45.1 Å². The van der Waals surface area contributed by atoms with Gasteiger partial charge in [0.15, 0.2) is 5.78 Å². The molecule has 6 rings (SSSR count). The van der Waals surface area contributed by atoms with Crippen molar-refractivity contribution in [2.45, 2.75) is 216 Å². The molecule has 9 atom stereocenters. The Bertz CT molecular complexity index is 1550. The number of ether oxygens (including phenoxy) is 3. The van der Waals surface area contributed by atoms with Crippen molar-refractivity contribution in [1.29, 1.82) is 0 Å². The number of benzene rings is 1. The molecule has 1 aromatic carbocycles. The number of alkyl carbamates (subject to hydrolysis) is 2. The maximum atomic E-state index is 12.3. The van der Waals surface area contributed by atoms with E-state index < -0.39 is 6.09 Å². The van der Waals surface area contributed by atoms with Crippen LogP contribution in [0.4, 0.5) is 20.1 Å². The minimum Gasteiger partial charge on any atom is -0.446 e. The summed E-state index contributed by atoms with van der Waals surface area (Å²) in [6.07, 6.45) is 22.0. The zero-order valence-corrected chi connectivity index (χ0v) is 41.9. The van der Waals surface area contributed by atoms with E-state index in [4.69, 9.17) is 14.2 Å². The largest absolute Gasteiger partial charge is 0.446 e. The number of rotatable bonds is 11. The van der Waals surface area contributed by atoms with Crippen molar-refractivity contribution in [3.05, 3.63) is 29.8 Å². The average molecular weight is 894 g/mol. The fourth-order valence-corrected chi connectivity index (χ4v) is 11.3. The normalized spacial score (nSPS) is 29.0. The molecule has 5 fully saturated rings. The van der Waals surface area contributed by atoms with Gasteiger partial charge in [0.1, 0.15) is 18.3 Å². The molecule has 0 aliphatic heterocycles. The predicted octanol–water partition coefficient (Wildman–Crippen LogP) is 14.2. The molecule has 0 bridgehead atoms. The molecule has 3 amide bonds. The van der Waals surface area contributed by atoms with Crippen molar-refractivity contribution >= 4 is 29.8 Å². The minimum atomic E-state index is -0.469. The van der Waals surface area contributed by atoms with Crippen LogP contribution in [0.1, 0.15) is 202 Å². The molecule has 0 aromatic heterocycles. The second-order valence-electron chi connectivity index (χ2n) is 21.9. The van der Waals surface area contributed by atoms with Crippen LogP contribution >= 0.6 is 0 Å². The molecule has 5 aliphatic carbocycles. The molecule has 9 unspecified atom stereocenters. The van der Waals surface area contributed by atoms with Crippen molar-refractivity contribution in [2.75, 3.05) is 11.9 Å². The molecule has 5 aliphatic rings. The molecule has 10 nitrogen and oxygen atoms in total. The number of amides is 3. The molecule has 0 spiro atoms. The molecular formula is C54H91N3O7. The first-order valence-corrected chi connectivity index (χ1v) is 26.0. The van der Waals surface area contributed by atoms with E-state index in [9.17, 15) is 19.2 Å². The van der Waals surface area contributed by atoms with Gasteiger partial charge in [0.05, 0.1) is 5.69 Å². The van der Waals surface area contributed by atoms with Gasteiger partial charge in [0.2, 0.25) is 0 Å². The Kier molecular flexibility index (Phi) is 22.8. The number of ketones is 1. The lowest BCUT2D eigenvalue weighted by atomic mass is 9.75. The number of para-hydroxylation sites is 1. The molecule has 0 radical (unpaired) electrons. The average Bonchev–Trinajstić information content (AvgIpc) is 3.24. The Labute approximate surface area is 389 Å². The zero-order chi connectivity index (χ0) is 46.8. The van der Waals surface area contributed by atoms with Crippen LogP contribution < -0.4 is 16.0 Å². The molecular weight excluding hydrogens is 803 g/mol. The van der Waals surface area contributed by atoms with Gasteiger partial charge in [-0.3, -0.25) is 10.1 Å². The summed E-state index contributed by atoms with van der Waals surface area (Å²) in [6, 6.07) is 7.35. The molecule has 0 saturated heterocycles. The third-order valence-corrected chi connectivity index (χ3v) is 15.4. The molecule has 0 heterocycles. The second-order valence-corrected chi connectivity index (χ2v) is 21.9. The van der Waals surface area contributed by atoms with Gasteiger partial charge in [0, 0.05) is 18.2 Å². The number of carbonyl (C=O) groups excluding carboxylic acids is 4. The number of hydrogen-bond donors (Lipinski definition) is 3. The maximum Gasteiger partial charge on any atom is 0.411 e. The molecule has 3 N–H and O–H groups in total. The predicted molar refractivity (Wildman–Crippen MR) is 259 cm³/mol. The Morgan fingerprint density at radius 1 is 0.547 bits per heavy atom. The fourth-order valence-electron chi connectivity index (χ4n) is 11.3. The molecule has 64 heavy (non-hydrogen) atoms. The first kappa shape index (κ1) is 53.3. The lowest BCUT2D eigenvalue weighted by Crippen LogP contribution is -2.42. The fraction of sp³-hybridized carbons (Fsp3) is 0.815. The summed E-state index contributed by atoms with van der Waals surface area (Å²) in [6.45, 7) is 22.4. The van der Waals surface area contributed by atoms with Crippen LogP contribution in [0.15, 0.2) is 24.3 Å². The van der Waals surface area contributed by atoms with E-state index in [1.54, 1.807) is 24.3 Å². The first-order valence-electron chi connectivity index (χ1n) is 26.0. The van der Waals surface area contributed by atoms with E-state index in [1.165, 1.54) is 90.4 Å². The van der Waals surface area contributed by atoms with Crippen LogP contribution in [0.3, 0.4) is 0 Å². The number of nitrogens with one attached hydrogen (secondary N) is 3. The van der Waals surface area contributed by atoms with Crippen LogP contribution in [0, 0.1) is 59.2 Å². The topological polar surface area (TPSA) is 132 Å². The quantitative estimate of drug-likeness (QED) is 0.149. The molecule has 10 heteroatoms. The molecule has 5 saturated carbocycles. The summed E-state index contributed by atoms with van der Waals surface area (Å²) in [4.78, 5) is 48.1. The SMILES string of the molecule is CC(=O)c1ccccc1NC(=O)OC1CC(C)CCC1C(C)C.CC1CCC(C(C)C)C(OC(=O)NC2CCCCC2)C1.CC1CCC(C(C)C)C(OC(=O)NCC2CCCCC2)C1. The van der Waals surface area contributed by atoms with E-state index in [1.807, 2.05) is 0 Å². The number of Topliss-reactive ketones (excluding diaryl/α,β-unsaturated/α-hetero) is 1. The van der Waals surface area contributed by atoms with Crippen LogP contribution in [0.25, 0.3) is 0 Å². The van der Waals surface area contributed by atoms with Crippen LogP contribution in [-0.2, 0) is 14.2 Å². The number of hydrogen-bond acceptors (Lipinski definition) is 7. The Morgan fingerprint density at radius 2 is 0.969 bits per heavy atom. The van der Waals surface area contributed by atoms with E-state index in [-0.39, 0.29) is 36.3 Å². The van der Waals surface area contributed by atoms with Gasteiger partial charge in [-0.15, -0.1) is 0 Å². The summed E-state index contributed by atoms with van der Waals surface area (Å²) in [5.41, 5.74) is 1.01. The highest BCUT2D eigenvalue weighted by atomic mass is 16.6. The van der Waals surface area contributed by atoms with Gasteiger partial charge in [0.25, 0.3) is 0 Å². The monoisotopic (exact) mass is 894 g/mol. The Balaban J connectivity index is 0.000000211. The van der Waals surface area contributed by atoms with Crippen molar-refractivity contribution in [3.63, 3.8) is 0 Å². The van der Waals surface area contributed by atoms with Gasteiger partial charge in [-0.1, -0.05) is 132 Å². The number of carbonyl (C=O) groups is 4. The molecule has 1 aromatic rings. The highest BCUT2D eigenvalue weighted by molar-refractivity contribution is 6.02. The Hall–Kier alpha value is -3.30. The summed E-state index contributed by atoms with van der Waals surface area (Å²) in [5, 5.41) is 8.82. The van der Waals surface area contributed by atoms with E-state index >= 15 is 0 Å². The van der Waals surface area contributed by atoms with Crippen molar-refractivity contribution in [1.82, 2.24) is 10.6 Å². The van der Waals surface area contributed by atoms with Gasteiger partial charge >= 0.3 is 18.3 Å². The van der Waals surface area contributed by atoms with Crippen molar-refractivity contribution in [3.8, 4) is 0 Å². The van der Waals surface area contributed by atoms with Crippen LogP contribution in [0.2, 0.25) is 0 Å². The highest BCUT2D eigenvalue weighted by Gasteiger charge is 2.36.